The zero-order valence-electron chi connectivity index (χ0n) is 8.50. The van der Waals surface area contributed by atoms with Crippen molar-refractivity contribution in [2.45, 2.75) is 27.3 Å². The molecule has 0 radical (unpaired) electrons. The van der Waals surface area contributed by atoms with Gasteiger partial charge in [-0.05, 0) is 11.3 Å². The lowest BCUT2D eigenvalue weighted by Crippen LogP contribution is -2.26. The topological polar surface area (TPSA) is 17.8 Å². The van der Waals surface area contributed by atoms with Gasteiger partial charge in [0.25, 0.3) is 0 Å². The Morgan fingerprint density at radius 1 is 1.46 bits per heavy atom. The predicted molar refractivity (Wildman–Crippen MR) is 59.0 cm³/mol. The standard InChI is InChI=1S/C10H17BrN2/c1-10(2,3)9(6-11)7-13-5-4-12-8-13/h4-5,8-9H,6-7H2,1-3H3. The molecule has 0 amide bonds. The molecule has 74 valence electrons. The molecule has 0 saturated carbocycles. The summed E-state index contributed by atoms with van der Waals surface area (Å²) in [5, 5.41) is 1.04. The fourth-order valence-corrected chi connectivity index (χ4v) is 2.38. The molecule has 1 atom stereocenters. The van der Waals surface area contributed by atoms with Gasteiger partial charge in [0.05, 0.1) is 6.33 Å². The van der Waals surface area contributed by atoms with E-state index in [1.165, 1.54) is 0 Å². The van der Waals surface area contributed by atoms with Gasteiger partial charge in [0.2, 0.25) is 0 Å². The summed E-state index contributed by atoms with van der Waals surface area (Å²) in [7, 11) is 0. The van der Waals surface area contributed by atoms with Gasteiger partial charge in [0, 0.05) is 24.3 Å². The smallest absolute Gasteiger partial charge is 0.0946 e. The van der Waals surface area contributed by atoms with Crippen molar-refractivity contribution in [3.63, 3.8) is 0 Å². The number of nitrogens with zero attached hydrogens (tertiary/aromatic N) is 2. The Hall–Kier alpha value is -0.310. The molecule has 0 aromatic carbocycles. The minimum Gasteiger partial charge on any atom is -0.337 e. The van der Waals surface area contributed by atoms with E-state index in [1.54, 1.807) is 0 Å². The molecule has 3 heteroatoms. The second kappa shape index (κ2) is 4.27. The Bertz CT molecular complexity index is 236. The van der Waals surface area contributed by atoms with E-state index in [2.05, 4.69) is 46.3 Å². The van der Waals surface area contributed by atoms with Gasteiger partial charge < -0.3 is 4.57 Å². The lowest BCUT2D eigenvalue weighted by molar-refractivity contribution is 0.239. The number of halogens is 1. The van der Waals surface area contributed by atoms with E-state index < -0.39 is 0 Å². The van der Waals surface area contributed by atoms with Crippen molar-refractivity contribution in [3.8, 4) is 0 Å². The molecule has 0 aliphatic carbocycles. The summed E-state index contributed by atoms with van der Waals surface area (Å²) in [6, 6.07) is 0. The lowest BCUT2D eigenvalue weighted by atomic mass is 9.82. The van der Waals surface area contributed by atoms with Gasteiger partial charge in [-0.2, -0.15) is 0 Å². The molecule has 1 aromatic heterocycles. The molecule has 13 heavy (non-hydrogen) atoms. The number of imidazole rings is 1. The van der Waals surface area contributed by atoms with E-state index in [1.807, 2.05) is 18.7 Å². The summed E-state index contributed by atoms with van der Waals surface area (Å²) < 4.78 is 2.14. The average Bonchev–Trinajstić information content (AvgIpc) is 2.49. The summed E-state index contributed by atoms with van der Waals surface area (Å²) >= 11 is 3.56. The molecule has 1 rings (SSSR count). The van der Waals surface area contributed by atoms with Crippen LogP contribution in [0.4, 0.5) is 0 Å². The molecule has 1 heterocycles. The summed E-state index contributed by atoms with van der Waals surface area (Å²) in [5.74, 6) is 0.640. The van der Waals surface area contributed by atoms with Gasteiger partial charge in [0.1, 0.15) is 0 Å². The van der Waals surface area contributed by atoms with Crippen LogP contribution in [0.5, 0.6) is 0 Å². The molecule has 1 unspecified atom stereocenters. The predicted octanol–water partition coefficient (Wildman–Crippen LogP) is 2.94. The van der Waals surface area contributed by atoms with Gasteiger partial charge in [-0.1, -0.05) is 36.7 Å². The molecular formula is C10H17BrN2. The number of hydrogen-bond donors (Lipinski definition) is 0. The van der Waals surface area contributed by atoms with Crippen molar-refractivity contribution in [2.24, 2.45) is 11.3 Å². The molecule has 2 nitrogen and oxygen atoms in total. The first-order chi connectivity index (χ1) is 6.04. The third-order valence-corrected chi connectivity index (χ3v) is 3.18. The van der Waals surface area contributed by atoms with E-state index in [-0.39, 0.29) is 0 Å². The van der Waals surface area contributed by atoms with Crippen LogP contribution in [-0.4, -0.2) is 14.9 Å². The normalized spacial score (nSPS) is 14.5. The van der Waals surface area contributed by atoms with Gasteiger partial charge in [-0.25, -0.2) is 4.98 Å². The number of rotatable bonds is 3. The Balaban J connectivity index is 2.60. The van der Waals surface area contributed by atoms with Crippen LogP contribution in [0.1, 0.15) is 20.8 Å². The molecular weight excluding hydrogens is 228 g/mol. The van der Waals surface area contributed by atoms with E-state index in [4.69, 9.17) is 0 Å². The van der Waals surface area contributed by atoms with Crippen molar-refractivity contribution >= 4 is 15.9 Å². The van der Waals surface area contributed by atoms with Crippen LogP contribution in [-0.2, 0) is 6.54 Å². The summed E-state index contributed by atoms with van der Waals surface area (Å²) in [5.41, 5.74) is 0.341. The minimum atomic E-state index is 0.341. The Morgan fingerprint density at radius 2 is 2.15 bits per heavy atom. The van der Waals surface area contributed by atoms with Crippen LogP contribution in [0.2, 0.25) is 0 Å². The molecule has 0 aliphatic heterocycles. The highest BCUT2D eigenvalue weighted by molar-refractivity contribution is 9.09. The van der Waals surface area contributed by atoms with Crippen LogP contribution in [0.3, 0.4) is 0 Å². The van der Waals surface area contributed by atoms with E-state index >= 15 is 0 Å². The second-order valence-corrected chi connectivity index (χ2v) is 5.12. The highest BCUT2D eigenvalue weighted by Crippen LogP contribution is 2.28. The van der Waals surface area contributed by atoms with Crippen LogP contribution in [0.15, 0.2) is 18.7 Å². The average molecular weight is 245 g/mol. The molecule has 1 aromatic rings. The third-order valence-electron chi connectivity index (χ3n) is 2.40. The van der Waals surface area contributed by atoms with Crippen molar-refractivity contribution < 1.29 is 0 Å². The third kappa shape index (κ3) is 3.14. The zero-order chi connectivity index (χ0) is 9.90. The molecule has 0 spiro atoms. The van der Waals surface area contributed by atoms with Crippen LogP contribution in [0.25, 0.3) is 0 Å². The molecule has 0 bridgehead atoms. The SMILES string of the molecule is CC(C)(C)C(CBr)Cn1ccnc1. The highest BCUT2D eigenvalue weighted by atomic mass is 79.9. The Morgan fingerprint density at radius 3 is 2.54 bits per heavy atom. The first-order valence-corrected chi connectivity index (χ1v) is 5.68. The number of alkyl halides is 1. The second-order valence-electron chi connectivity index (χ2n) is 4.48. The van der Waals surface area contributed by atoms with Gasteiger partial charge >= 0.3 is 0 Å². The fraction of sp³-hybridized carbons (Fsp3) is 0.700. The van der Waals surface area contributed by atoms with E-state index in [9.17, 15) is 0 Å². The summed E-state index contributed by atoms with van der Waals surface area (Å²) in [6.45, 7) is 7.86. The summed E-state index contributed by atoms with van der Waals surface area (Å²) in [6.07, 6.45) is 5.72. The largest absolute Gasteiger partial charge is 0.337 e. The monoisotopic (exact) mass is 244 g/mol. The molecule has 0 saturated heterocycles. The van der Waals surface area contributed by atoms with E-state index in [0.717, 1.165) is 11.9 Å². The number of aromatic nitrogens is 2. The van der Waals surface area contributed by atoms with Crippen molar-refractivity contribution in [1.82, 2.24) is 9.55 Å². The fourth-order valence-electron chi connectivity index (χ4n) is 1.20. The molecule has 0 fully saturated rings. The number of hydrogen-bond acceptors (Lipinski definition) is 1. The first kappa shape index (κ1) is 10.8. The van der Waals surface area contributed by atoms with Crippen LogP contribution < -0.4 is 0 Å². The van der Waals surface area contributed by atoms with Crippen LogP contribution >= 0.6 is 15.9 Å². The highest BCUT2D eigenvalue weighted by Gasteiger charge is 2.23. The molecule has 0 aliphatic rings. The maximum Gasteiger partial charge on any atom is 0.0946 e. The first-order valence-electron chi connectivity index (χ1n) is 4.55. The molecule has 0 N–H and O–H groups in total. The Labute approximate surface area is 88.5 Å². The van der Waals surface area contributed by atoms with Gasteiger partial charge in [-0.3, -0.25) is 0 Å². The van der Waals surface area contributed by atoms with Gasteiger partial charge in [0.15, 0.2) is 0 Å². The van der Waals surface area contributed by atoms with Crippen molar-refractivity contribution in [1.29, 1.82) is 0 Å². The zero-order valence-corrected chi connectivity index (χ0v) is 10.1. The lowest BCUT2D eigenvalue weighted by Gasteiger charge is -2.29. The minimum absolute atomic E-state index is 0.341. The maximum absolute atomic E-state index is 4.04. The quantitative estimate of drug-likeness (QED) is 0.748. The Kier molecular flexibility index (Phi) is 3.54. The van der Waals surface area contributed by atoms with Gasteiger partial charge in [-0.15, -0.1) is 0 Å². The maximum atomic E-state index is 4.04. The summed E-state index contributed by atoms with van der Waals surface area (Å²) in [4.78, 5) is 4.04. The van der Waals surface area contributed by atoms with Crippen molar-refractivity contribution in [3.05, 3.63) is 18.7 Å². The van der Waals surface area contributed by atoms with Crippen LogP contribution in [0, 0.1) is 11.3 Å². The van der Waals surface area contributed by atoms with E-state index in [0.29, 0.717) is 11.3 Å². The van der Waals surface area contributed by atoms with Crippen molar-refractivity contribution in [2.75, 3.05) is 5.33 Å².